The van der Waals surface area contributed by atoms with Gasteiger partial charge in [-0.15, -0.1) is 0 Å². The molecule has 0 saturated heterocycles. The number of benzene rings is 2. The molecule has 0 unspecified atom stereocenters. The van der Waals surface area contributed by atoms with E-state index in [9.17, 15) is 4.79 Å². The molecule has 0 atom stereocenters. The van der Waals surface area contributed by atoms with Crippen LogP contribution in [0.25, 0.3) is 0 Å². The lowest BCUT2D eigenvalue weighted by atomic mass is 10.1. The van der Waals surface area contributed by atoms with Gasteiger partial charge in [-0.3, -0.25) is 9.48 Å². The first-order valence-electron chi connectivity index (χ1n) is 8.01. The molecule has 0 fully saturated rings. The molecule has 1 heterocycles. The maximum absolute atomic E-state index is 12.6. The molecule has 0 aliphatic rings. The van der Waals surface area contributed by atoms with Crippen molar-refractivity contribution in [1.82, 2.24) is 9.78 Å². The van der Waals surface area contributed by atoms with Gasteiger partial charge in [0.1, 0.15) is 10.8 Å². The third kappa shape index (κ3) is 4.38. The summed E-state index contributed by atoms with van der Waals surface area (Å²) in [4.78, 5) is 12.6. The Labute approximate surface area is 171 Å². The molecule has 1 aromatic heterocycles. The number of nitrogens with one attached hydrogen (secondary N) is 1. The van der Waals surface area contributed by atoms with Crippen molar-refractivity contribution in [3.63, 3.8) is 0 Å². The number of aromatic nitrogens is 2. The van der Waals surface area contributed by atoms with Crippen molar-refractivity contribution < 1.29 is 9.53 Å². The highest BCUT2D eigenvalue weighted by molar-refractivity contribution is 6.42. The van der Waals surface area contributed by atoms with Crippen LogP contribution in [0.1, 0.15) is 21.5 Å². The largest absolute Gasteiger partial charge is 0.496 e. The van der Waals surface area contributed by atoms with E-state index >= 15 is 0 Å². The van der Waals surface area contributed by atoms with Crippen molar-refractivity contribution in [3.8, 4) is 5.75 Å². The lowest BCUT2D eigenvalue weighted by molar-refractivity contribution is 0.102. The predicted molar refractivity (Wildman–Crippen MR) is 108 cm³/mol. The fourth-order valence-electron chi connectivity index (χ4n) is 2.64. The normalized spacial score (nSPS) is 10.7. The van der Waals surface area contributed by atoms with E-state index in [4.69, 9.17) is 39.5 Å². The Hall–Kier alpha value is -2.21. The highest BCUT2D eigenvalue weighted by Crippen LogP contribution is 2.26. The summed E-state index contributed by atoms with van der Waals surface area (Å²) in [5.74, 6) is 0.607. The molecule has 0 aliphatic carbocycles. The molecule has 27 heavy (non-hydrogen) atoms. The first kappa shape index (κ1) is 19.5. The summed E-state index contributed by atoms with van der Waals surface area (Å²) < 4.78 is 6.87. The average molecular weight is 425 g/mol. The van der Waals surface area contributed by atoms with Gasteiger partial charge >= 0.3 is 0 Å². The highest BCUT2D eigenvalue weighted by Gasteiger charge is 2.16. The van der Waals surface area contributed by atoms with Gasteiger partial charge in [0, 0.05) is 17.3 Å². The van der Waals surface area contributed by atoms with Gasteiger partial charge in [0.25, 0.3) is 5.91 Å². The van der Waals surface area contributed by atoms with Crippen LogP contribution in [0.15, 0.2) is 42.6 Å². The number of carbonyl (C=O) groups excluding carboxylic acids is 1. The van der Waals surface area contributed by atoms with E-state index in [0.717, 1.165) is 11.1 Å². The number of anilines is 1. The number of ether oxygens (including phenoxy) is 1. The molecule has 140 valence electrons. The van der Waals surface area contributed by atoms with Crippen LogP contribution in [0, 0.1) is 6.92 Å². The van der Waals surface area contributed by atoms with Crippen molar-refractivity contribution in [2.45, 2.75) is 13.5 Å². The Bertz CT molecular complexity index is 1000. The topological polar surface area (TPSA) is 56.1 Å². The van der Waals surface area contributed by atoms with Crippen molar-refractivity contribution in [1.29, 1.82) is 0 Å². The zero-order valence-electron chi connectivity index (χ0n) is 14.6. The van der Waals surface area contributed by atoms with Crippen molar-refractivity contribution in [3.05, 3.63) is 74.4 Å². The smallest absolute Gasteiger partial charge is 0.257 e. The molecule has 0 bridgehead atoms. The molecule has 3 rings (SSSR count). The van der Waals surface area contributed by atoms with E-state index in [1.54, 1.807) is 48.3 Å². The minimum absolute atomic E-state index is 0.281. The first-order valence-corrected chi connectivity index (χ1v) is 9.14. The van der Waals surface area contributed by atoms with Gasteiger partial charge in [0.15, 0.2) is 5.82 Å². The summed E-state index contributed by atoms with van der Waals surface area (Å²) in [7, 11) is 1.56. The lowest BCUT2D eigenvalue weighted by Crippen LogP contribution is -2.15. The van der Waals surface area contributed by atoms with Gasteiger partial charge in [-0.25, -0.2) is 0 Å². The summed E-state index contributed by atoms with van der Waals surface area (Å²) in [5, 5.41) is 8.37. The Morgan fingerprint density at radius 1 is 1.15 bits per heavy atom. The SMILES string of the molecule is COc1cccc(C(=O)Nc2nn(Cc3ccc(Cl)c(Cl)c3)cc2Cl)c1C. The predicted octanol–water partition coefficient (Wildman–Crippen LogP) is 5.46. The second-order valence-corrected chi connectivity index (χ2v) is 7.08. The van der Waals surface area contributed by atoms with Crippen molar-refractivity contribution >= 4 is 46.5 Å². The zero-order chi connectivity index (χ0) is 19.6. The van der Waals surface area contributed by atoms with Gasteiger partial charge in [0.05, 0.1) is 23.7 Å². The maximum Gasteiger partial charge on any atom is 0.257 e. The number of methoxy groups -OCH3 is 1. The Morgan fingerprint density at radius 2 is 1.93 bits per heavy atom. The van der Waals surface area contributed by atoms with E-state index < -0.39 is 0 Å². The summed E-state index contributed by atoms with van der Waals surface area (Å²) in [6.07, 6.45) is 1.64. The van der Waals surface area contributed by atoms with Crippen LogP contribution in [0.4, 0.5) is 5.82 Å². The molecule has 1 N–H and O–H groups in total. The number of amides is 1. The standard InChI is InChI=1S/C19H16Cl3N3O2/c1-11-13(4-3-5-17(11)27-2)19(26)23-18-16(22)10-25(24-18)9-12-6-7-14(20)15(21)8-12/h3-8,10H,9H2,1-2H3,(H,23,24,26). The maximum atomic E-state index is 12.6. The fourth-order valence-corrected chi connectivity index (χ4v) is 3.16. The average Bonchev–Trinajstić information content (AvgIpc) is 2.97. The molecule has 0 aliphatic heterocycles. The molecule has 3 aromatic rings. The summed E-state index contributed by atoms with van der Waals surface area (Å²) >= 11 is 18.2. The number of nitrogens with zero attached hydrogens (tertiary/aromatic N) is 2. The number of halogens is 3. The van der Waals surface area contributed by atoms with Gasteiger partial charge in [-0.05, 0) is 36.8 Å². The number of hydrogen-bond donors (Lipinski definition) is 1. The fraction of sp³-hybridized carbons (Fsp3) is 0.158. The van der Waals surface area contributed by atoms with Gasteiger partial charge in [-0.2, -0.15) is 5.10 Å². The summed E-state index contributed by atoms with van der Waals surface area (Å²) in [6.45, 7) is 2.25. The van der Waals surface area contributed by atoms with E-state index in [1.807, 2.05) is 13.0 Å². The lowest BCUT2D eigenvalue weighted by Gasteiger charge is -2.09. The summed E-state index contributed by atoms with van der Waals surface area (Å²) in [6, 6.07) is 10.6. The van der Waals surface area contributed by atoms with Crippen LogP contribution >= 0.6 is 34.8 Å². The van der Waals surface area contributed by atoms with Crippen LogP contribution < -0.4 is 10.1 Å². The molecule has 8 heteroatoms. The molecule has 0 saturated carbocycles. The Morgan fingerprint density at radius 3 is 2.63 bits per heavy atom. The number of hydrogen-bond acceptors (Lipinski definition) is 3. The van der Waals surface area contributed by atoms with Gasteiger partial charge < -0.3 is 10.1 Å². The second-order valence-electron chi connectivity index (χ2n) is 5.86. The van der Waals surface area contributed by atoms with Crippen LogP contribution in [0.5, 0.6) is 5.75 Å². The first-order chi connectivity index (χ1) is 12.9. The second kappa shape index (κ2) is 8.21. The molecule has 2 aromatic carbocycles. The van der Waals surface area contributed by atoms with Crippen LogP contribution in [0.2, 0.25) is 15.1 Å². The monoisotopic (exact) mass is 423 g/mol. The van der Waals surface area contributed by atoms with E-state index in [2.05, 4.69) is 10.4 Å². The van der Waals surface area contributed by atoms with Crippen LogP contribution in [-0.2, 0) is 6.54 Å². The van der Waals surface area contributed by atoms with Gasteiger partial charge in [-0.1, -0.05) is 46.9 Å². The molecule has 1 amide bonds. The molecule has 0 spiro atoms. The molecular formula is C19H16Cl3N3O2. The minimum Gasteiger partial charge on any atom is -0.496 e. The van der Waals surface area contributed by atoms with Gasteiger partial charge in [0.2, 0.25) is 0 Å². The van der Waals surface area contributed by atoms with Crippen LogP contribution in [-0.4, -0.2) is 22.8 Å². The van der Waals surface area contributed by atoms with E-state index in [-0.39, 0.29) is 11.7 Å². The minimum atomic E-state index is -0.312. The highest BCUT2D eigenvalue weighted by atomic mass is 35.5. The Kier molecular flexibility index (Phi) is 5.95. The number of carbonyl (C=O) groups is 1. The van der Waals surface area contributed by atoms with Crippen LogP contribution in [0.3, 0.4) is 0 Å². The quantitative estimate of drug-likeness (QED) is 0.591. The Balaban J connectivity index is 1.78. The molecule has 0 radical (unpaired) electrons. The molecular weight excluding hydrogens is 409 g/mol. The zero-order valence-corrected chi connectivity index (χ0v) is 16.9. The van der Waals surface area contributed by atoms with E-state index in [0.29, 0.717) is 32.9 Å². The molecule has 5 nitrogen and oxygen atoms in total. The number of rotatable bonds is 5. The summed E-state index contributed by atoms with van der Waals surface area (Å²) in [5.41, 5.74) is 2.14. The third-order valence-corrected chi connectivity index (χ3v) is 5.04. The third-order valence-electron chi connectivity index (χ3n) is 4.03. The van der Waals surface area contributed by atoms with E-state index in [1.165, 1.54) is 0 Å². The van der Waals surface area contributed by atoms with Crippen molar-refractivity contribution in [2.24, 2.45) is 0 Å². The van der Waals surface area contributed by atoms with Crippen molar-refractivity contribution in [2.75, 3.05) is 12.4 Å².